The maximum atomic E-state index is 18.1. The van der Waals surface area contributed by atoms with E-state index in [1.807, 2.05) is 43.3 Å². The fourth-order valence-electron chi connectivity index (χ4n) is 12.2. The van der Waals surface area contributed by atoms with Gasteiger partial charge in [0.1, 0.15) is 0 Å². The molecule has 370 valence electrons. The quantitative estimate of drug-likeness (QED) is 0.128. The number of hydrogen-bond donors (Lipinski definition) is 0. The highest BCUT2D eigenvalue weighted by Crippen LogP contribution is 2.60. The van der Waals surface area contributed by atoms with E-state index in [2.05, 4.69) is 244 Å². The maximum Gasteiger partial charge on any atom is 0.172 e. The molecule has 3 atom stereocenters. The Bertz CT molecular complexity index is 4560. The van der Waals surface area contributed by atoms with Crippen LogP contribution >= 0.6 is 22.2 Å². The van der Waals surface area contributed by atoms with Crippen LogP contribution < -0.4 is 47.6 Å². The molecule has 11 aromatic carbocycles. The van der Waals surface area contributed by atoms with Crippen LogP contribution in [0.1, 0.15) is 42.0 Å². The zero-order valence-electron chi connectivity index (χ0n) is 43.1. The Morgan fingerprint density at radius 1 is 0.468 bits per heavy atom. The third kappa shape index (κ3) is 8.13. The Morgan fingerprint density at radius 2 is 1.01 bits per heavy atom. The first-order valence-corrected chi connectivity index (χ1v) is 31.3. The van der Waals surface area contributed by atoms with Crippen LogP contribution in [0.3, 0.4) is 0 Å². The Morgan fingerprint density at radius 3 is 1.79 bits per heavy atom. The minimum Gasteiger partial charge on any atom is -0.309 e. The molecule has 3 unspecified atom stereocenters. The first-order valence-electron chi connectivity index (χ1n) is 26.5. The zero-order valence-corrected chi connectivity index (χ0v) is 45.7. The molecule has 77 heavy (non-hydrogen) atoms. The Labute approximate surface area is 452 Å². The normalized spacial score (nSPS) is 15.3. The maximum absolute atomic E-state index is 18.1. The molecule has 0 N–H and O–H groups in total. The molecule has 2 aliphatic rings. The predicted octanol–water partition coefficient (Wildman–Crippen LogP) is 15.0. The molecular weight excluding hydrogens is 990 g/mol. The molecule has 0 spiro atoms. The summed E-state index contributed by atoms with van der Waals surface area (Å²) < 4.78 is 35.6. The van der Waals surface area contributed by atoms with Gasteiger partial charge < -0.3 is 9.13 Å². The number of benzene rings is 11. The molecule has 2 aliphatic carbocycles. The summed E-state index contributed by atoms with van der Waals surface area (Å²) in [5, 5.41) is 19.1. The number of aryl methyl sites for hydroxylation is 1. The van der Waals surface area contributed by atoms with E-state index < -0.39 is 22.2 Å². The van der Waals surface area contributed by atoms with Crippen molar-refractivity contribution in [3.05, 3.63) is 288 Å². The third-order valence-electron chi connectivity index (χ3n) is 15.7. The van der Waals surface area contributed by atoms with Gasteiger partial charge in [0.15, 0.2) is 14.3 Å². The van der Waals surface area contributed by atoms with Gasteiger partial charge in [-0.2, -0.15) is 0 Å². The zero-order chi connectivity index (χ0) is 52.1. The lowest BCUT2D eigenvalue weighted by Crippen LogP contribution is -2.30. The van der Waals surface area contributed by atoms with E-state index in [9.17, 15) is 0 Å². The molecule has 0 saturated carbocycles. The SMILES string of the molecule is C/C=C(\c1ccccc1C)P(=O)(c1ccc(P(C2=c3ccccc3=CC=CC2)c2cccc3ccccc23)c2ccccc12)c1ccc(P(=O)(c2cccc3c2C=CCC=C3)c2cccc3ccccc23)c2ccccc12. The molecule has 0 bridgehead atoms. The molecule has 13 rings (SSSR count). The summed E-state index contributed by atoms with van der Waals surface area (Å²) >= 11 is 0. The van der Waals surface area contributed by atoms with Gasteiger partial charge in [0.2, 0.25) is 0 Å². The lowest BCUT2D eigenvalue weighted by molar-refractivity contribution is 0.592. The van der Waals surface area contributed by atoms with Crippen LogP contribution in [0.2, 0.25) is 0 Å². The Kier molecular flexibility index (Phi) is 12.8. The average Bonchev–Trinajstić information content (AvgIpc) is 3.91. The monoisotopic (exact) mass is 1040 g/mol. The van der Waals surface area contributed by atoms with Crippen LogP contribution in [-0.4, -0.2) is 0 Å². The van der Waals surface area contributed by atoms with Crippen LogP contribution in [0.5, 0.6) is 0 Å². The fourth-order valence-corrected chi connectivity index (χ4v) is 21.8. The summed E-state index contributed by atoms with van der Waals surface area (Å²) in [6, 6.07) is 79.0. The van der Waals surface area contributed by atoms with E-state index in [0.29, 0.717) is 5.30 Å². The molecule has 0 heterocycles. The van der Waals surface area contributed by atoms with E-state index in [-0.39, 0.29) is 0 Å². The lowest BCUT2D eigenvalue weighted by Gasteiger charge is -2.30. The molecule has 2 nitrogen and oxygen atoms in total. The number of fused-ring (bicyclic) bond motifs is 6. The van der Waals surface area contributed by atoms with Gasteiger partial charge in [0.05, 0.1) is 0 Å². The van der Waals surface area contributed by atoms with E-state index in [1.54, 1.807) is 0 Å². The summed E-state index contributed by atoms with van der Waals surface area (Å²) in [6.07, 6.45) is 19.0. The van der Waals surface area contributed by atoms with E-state index in [4.69, 9.17) is 0 Å². The highest BCUT2D eigenvalue weighted by atomic mass is 31.2. The second kappa shape index (κ2) is 20.2. The van der Waals surface area contributed by atoms with Gasteiger partial charge in [-0.3, -0.25) is 0 Å². The van der Waals surface area contributed by atoms with Crippen LogP contribution in [0, 0.1) is 6.92 Å². The van der Waals surface area contributed by atoms with E-state index in [1.165, 1.54) is 37.1 Å². The average molecular weight is 1050 g/mol. The van der Waals surface area contributed by atoms with Gasteiger partial charge in [-0.05, 0) is 145 Å². The molecule has 0 amide bonds. The van der Waals surface area contributed by atoms with Crippen LogP contribution in [0.25, 0.3) is 71.9 Å². The molecule has 0 aromatic heterocycles. The lowest BCUT2D eigenvalue weighted by atomic mass is 10.1. The van der Waals surface area contributed by atoms with Crippen LogP contribution in [0.4, 0.5) is 0 Å². The standard InChI is InChI=1S/C72H55O2P3/c1-3-67(55-33-12-7-24-50(55)2)76(73,70-47-46-66(60-38-16-17-39-61(60)70)75(65-43-21-30-52-27-9-14-35-57(52)65)64-42-20-11-28-51-26-8-13-34-56(51)64)71-48-49-72(63-41-19-18-40-62(63)71)77(74,69-45-23-32-54-29-10-15-37-59(54)69)68-44-22-31-53-25-5-4-6-36-58(53)68/h3,5-41,43-49H,4,42H2,1-2H3/b67-3+. The van der Waals surface area contributed by atoms with Crippen molar-refractivity contribution in [2.45, 2.75) is 26.7 Å². The van der Waals surface area contributed by atoms with Crippen LogP contribution in [0.15, 0.2) is 255 Å². The topological polar surface area (TPSA) is 34.1 Å². The number of allylic oxidation sites excluding steroid dienone is 5. The van der Waals surface area contributed by atoms with Crippen molar-refractivity contribution in [2.24, 2.45) is 0 Å². The molecule has 0 radical (unpaired) electrons. The summed E-state index contributed by atoms with van der Waals surface area (Å²) in [6.45, 7) is 4.15. The van der Waals surface area contributed by atoms with Crippen molar-refractivity contribution < 1.29 is 9.13 Å². The van der Waals surface area contributed by atoms with Crippen molar-refractivity contribution >= 4 is 131 Å². The summed E-state index contributed by atoms with van der Waals surface area (Å²) in [4.78, 5) is 0. The van der Waals surface area contributed by atoms with Crippen LogP contribution in [-0.2, 0) is 9.13 Å². The third-order valence-corrected chi connectivity index (χ3v) is 25.0. The van der Waals surface area contributed by atoms with Crippen molar-refractivity contribution in [3.63, 3.8) is 0 Å². The van der Waals surface area contributed by atoms with Crippen molar-refractivity contribution in [2.75, 3.05) is 0 Å². The largest absolute Gasteiger partial charge is 0.309 e. The number of rotatable bonds is 10. The Balaban J connectivity index is 1.11. The van der Waals surface area contributed by atoms with Gasteiger partial charge >= 0.3 is 0 Å². The second-order valence-corrected chi connectivity index (χ2v) is 27.5. The molecule has 11 aromatic rings. The summed E-state index contributed by atoms with van der Waals surface area (Å²) in [5.74, 6) is 0. The van der Waals surface area contributed by atoms with Gasteiger partial charge in [-0.25, -0.2) is 0 Å². The molecule has 5 heteroatoms. The summed E-state index contributed by atoms with van der Waals surface area (Å²) in [7, 11) is -8.75. The molecule has 0 saturated heterocycles. The smallest absolute Gasteiger partial charge is 0.172 e. The summed E-state index contributed by atoms with van der Waals surface area (Å²) in [5.41, 5.74) is 3.98. The molecule has 0 aliphatic heterocycles. The highest BCUT2D eigenvalue weighted by molar-refractivity contribution is 7.89. The second-order valence-electron chi connectivity index (χ2n) is 20.0. The number of hydrogen-bond acceptors (Lipinski definition) is 2. The fraction of sp³-hybridized carbons (Fsp3) is 0.0556. The first-order chi connectivity index (χ1) is 37.9. The predicted molar refractivity (Wildman–Crippen MR) is 337 cm³/mol. The van der Waals surface area contributed by atoms with Gasteiger partial charge in [-0.1, -0.05) is 255 Å². The molecular formula is C72H55O2P3. The van der Waals surface area contributed by atoms with Crippen molar-refractivity contribution in [1.82, 2.24) is 0 Å². The highest BCUT2D eigenvalue weighted by Gasteiger charge is 2.40. The Hall–Kier alpha value is -7.95. The van der Waals surface area contributed by atoms with Gasteiger partial charge in [-0.15, -0.1) is 0 Å². The molecule has 0 fully saturated rings. The van der Waals surface area contributed by atoms with Gasteiger partial charge in [0, 0.05) is 31.8 Å². The van der Waals surface area contributed by atoms with E-state index >= 15 is 9.13 Å². The minimum atomic E-state index is -3.87. The van der Waals surface area contributed by atoms with Crippen molar-refractivity contribution in [1.29, 1.82) is 0 Å². The van der Waals surface area contributed by atoms with E-state index in [0.717, 1.165) is 93.9 Å². The first kappa shape index (κ1) is 48.7. The van der Waals surface area contributed by atoms with Gasteiger partial charge in [0.25, 0.3) is 0 Å². The minimum absolute atomic E-state index is 0.717. The van der Waals surface area contributed by atoms with Crippen molar-refractivity contribution in [3.8, 4) is 0 Å².